The lowest BCUT2D eigenvalue weighted by molar-refractivity contribution is 0.398. The summed E-state index contributed by atoms with van der Waals surface area (Å²) in [4.78, 5) is 4.60. The van der Waals surface area contributed by atoms with Crippen LogP contribution in [0.3, 0.4) is 0 Å². The molecule has 0 radical (unpaired) electrons. The van der Waals surface area contributed by atoms with Crippen molar-refractivity contribution in [2.75, 3.05) is 33.9 Å². The summed E-state index contributed by atoms with van der Waals surface area (Å²) < 4.78 is 10.7. The van der Waals surface area contributed by atoms with E-state index in [0.29, 0.717) is 0 Å². The second kappa shape index (κ2) is 11.6. The average Bonchev–Trinajstić information content (AvgIpc) is 2.58. The van der Waals surface area contributed by atoms with Gasteiger partial charge in [-0.25, -0.2) is 0 Å². The van der Waals surface area contributed by atoms with Crippen molar-refractivity contribution in [1.82, 2.24) is 10.6 Å². The molecular formula is C18H31N3O2. The van der Waals surface area contributed by atoms with E-state index in [2.05, 4.69) is 29.5 Å². The zero-order chi connectivity index (χ0) is 16.9. The number of aliphatic imine (C=N–C) groups is 1. The third kappa shape index (κ3) is 7.26. The Balaban J connectivity index is 2.55. The van der Waals surface area contributed by atoms with E-state index in [9.17, 15) is 0 Å². The van der Waals surface area contributed by atoms with Crippen molar-refractivity contribution in [3.63, 3.8) is 0 Å². The van der Waals surface area contributed by atoms with Crippen molar-refractivity contribution in [2.24, 2.45) is 4.99 Å². The molecule has 0 amide bonds. The van der Waals surface area contributed by atoms with E-state index < -0.39 is 0 Å². The van der Waals surface area contributed by atoms with Crippen LogP contribution in [0.15, 0.2) is 23.2 Å². The molecule has 0 saturated carbocycles. The van der Waals surface area contributed by atoms with E-state index in [4.69, 9.17) is 9.47 Å². The number of ether oxygens (including phenoxy) is 2. The highest BCUT2D eigenvalue weighted by molar-refractivity contribution is 5.79. The zero-order valence-corrected chi connectivity index (χ0v) is 14.9. The molecule has 2 N–H and O–H groups in total. The molecule has 0 bridgehead atoms. The molecule has 130 valence electrons. The first kappa shape index (κ1) is 19.1. The number of nitrogens with zero attached hydrogens (tertiary/aromatic N) is 1. The van der Waals surface area contributed by atoms with Gasteiger partial charge in [-0.2, -0.15) is 0 Å². The SMILES string of the molecule is CCCCCN=C(NCC)NCCc1cc(OC)ccc1OC. The molecule has 0 heterocycles. The van der Waals surface area contributed by atoms with Gasteiger partial charge >= 0.3 is 0 Å². The van der Waals surface area contributed by atoms with Gasteiger partial charge in [0.15, 0.2) is 5.96 Å². The van der Waals surface area contributed by atoms with Gasteiger partial charge in [-0.1, -0.05) is 19.8 Å². The van der Waals surface area contributed by atoms with Gasteiger partial charge in [-0.15, -0.1) is 0 Å². The Morgan fingerprint density at radius 3 is 2.57 bits per heavy atom. The Morgan fingerprint density at radius 1 is 1.09 bits per heavy atom. The Bertz CT molecular complexity index is 475. The van der Waals surface area contributed by atoms with Gasteiger partial charge in [0.25, 0.3) is 0 Å². The molecule has 0 fully saturated rings. The number of nitrogens with one attached hydrogen (secondary N) is 2. The molecule has 0 aliphatic heterocycles. The maximum Gasteiger partial charge on any atom is 0.191 e. The van der Waals surface area contributed by atoms with Crippen LogP contribution in [0.4, 0.5) is 0 Å². The molecule has 23 heavy (non-hydrogen) atoms. The number of guanidine groups is 1. The molecule has 0 aromatic heterocycles. The van der Waals surface area contributed by atoms with E-state index in [-0.39, 0.29) is 0 Å². The van der Waals surface area contributed by atoms with Crippen molar-refractivity contribution in [1.29, 1.82) is 0 Å². The molecule has 1 aromatic carbocycles. The maximum atomic E-state index is 5.41. The third-order valence-corrected chi connectivity index (χ3v) is 3.55. The topological polar surface area (TPSA) is 54.9 Å². The first-order valence-electron chi connectivity index (χ1n) is 8.48. The first-order chi connectivity index (χ1) is 11.2. The highest BCUT2D eigenvalue weighted by Crippen LogP contribution is 2.24. The predicted octanol–water partition coefficient (Wildman–Crippen LogP) is 2.99. The number of rotatable bonds is 10. The van der Waals surface area contributed by atoms with E-state index in [1.807, 2.05) is 18.2 Å². The van der Waals surface area contributed by atoms with Crippen molar-refractivity contribution in [3.8, 4) is 11.5 Å². The lowest BCUT2D eigenvalue weighted by atomic mass is 10.1. The van der Waals surface area contributed by atoms with Gasteiger partial charge in [0.05, 0.1) is 14.2 Å². The van der Waals surface area contributed by atoms with Crippen LogP contribution in [-0.4, -0.2) is 39.8 Å². The van der Waals surface area contributed by atoms with Gasteiger partial charge in [-0.3, -0.25) is 4.99 Å². The van der Waals surface area contributed by atoms with Crippen molar-refractivity contribution in [3.05, 3.63) is 23.8 Å². The molecule has 5 nitrogen and oxygen atoms in total. The van der Waals surface area contributed by atoms with Crippen molar-refractivity contribution < 1.29 is 9.47 Å². The number of hydrogen-bond acceptors (Lipinski definition) is 3. The van der Waals surface area contributed by atoms with Crippen LogP contribution >= 0.6 is 0 Å². The molecule has 5 heteroatoms. The molecule has 1 rings (SSSR count). The fourth-order valence-corrected chi connectivity index (χ4v) is 2.29. The van der Waals surface area contributed by atoms with Crippen molar-refractivity contribution >= 4 is 5.96 Å². The zero-order valence-electron chi connectivity index (χ0n) is 14.9. The van der Waals surface area contributed by atoms with Crippen molar-refractivity contribution in [2.45, 2.75) is 39.5 Å². The highest BCUT2D eigenvalue weighted by atomic mass is 16.5. The molecular weight excluding hydrogens is 290 g/mol. The Kier molecular flexibility index (Phi) is 9.68. The molecule has 1 aromatic rings. The van der Waals surface area contributed by atoms with Gasteiger partial charge in [0.2, 0.25) is 0 Å². The number of benzene rings is 1. The standard InChI is InChI=1S/C18H31N3O2/c1-5-7-8-12-20-18(19-6-2)21-13-11-15-14-16(22-3)9-10-17(15)23-4/h9-10,14H,5-8,11-13H2,1-4H3,(H2,19,20,21). The minimum Gasteiger partial charge on any atom is -0.497 e. The fraction of sp³-hybridized carbons (Fsp3) is 0.611. The van der Waals surface area contributed by atoms with Crippen LogP contribution in [0.1, 0.15) is 38.7 Å². The lowest BCUT2D eigenvalue weighted by Crippen LogP contribution is -2.38. The molecule has 0 saturated heterocycles. The van der Waals surface area contributed by atoms with Crippen LogP contribution in [0.2, 0.25) is 0 Å². The summed E-state index contributed by atoms with van der Waals surface area (Å²) in [5.41, 5.74) is 1.13. The number of hydrogen-bond donors (Lipinski definition) is 2. The van der Waals surface area contributed by atoms with E-state index in [1.165, 1.54) is 12.8 Å². The molecule has 0 atom stereocenters. The Hall–Kier alpha value is -1.91. The summed E-state index contributed by atoms with van der Waals surface area (Å²) in [6.45, 7) is 6.81. The quantitative estimate of drug-likeness (QED) is 0.395. The van der Waals surface area contributed by atoms with E-state index in [1.54, 1.807) is 14.2 Å². The normalized spacial score (nSPS) is 11.2. The molecule has 0 aliphatic rings. The van der Waals surface area contributed by atoms with Crippen LogP contribution < -0.4 is 20.1 Å². The molecule has 0 unspecified atom stereocenters. The average molecular weight is 321 g/mol. The molecule has 0 spiro atoms. The largest absolute Gasteiger partial charge is 0.497 e. The monoisotopic (exact) mass is 321 g/mol. The van der Waals surface area contributed by atoms with Crippen LogP contribution in [-0.2, 0) is 6.42 Å². The first-order valence-corrected chi connectivity index (χ1v) is 8.48. The van der Waals surface area contributed by atoms with Crippen LogP contribution in [0.25, 0.3) is 0 Å². The second-order valence-corrected chi connectivity index (χ2v) is 5.32. The van der Waals surface area contributed by atoms with E-state index in [0.717, 1.165) is 55.5 Å². The highest BCUT2D eigenvalue weighted by Gasteiger charge is 2.05. The van der Waals surface area contributed by atoms with E-state index >= 15 is 0 Å². The summed E-state index contributed by atoms with van der Waals surface area (Å²) in [6, 6.07) is 5.87. The second-order valence-electron chi connectivity index (χ2n) is 5.32. The fourth-order valence-electron chi connectivity index (χ4n) is 2.29. The third-order valence-electron chi connectivity index (χ3n) is 3.55. The van der Waals surface area contributed by atoms with Gasteiger partial charge in [0.1, 0.15) is 11.5 Å². The lowest BCUT2D eigenvalue weighted by Gasteiger charge is -2.13. The minimum atomic E-state index is 0.795. The van der Waals surface area contributed by atoms with Crippen LogP contribution in [0.5, 0.6) is 11.5 Å². The Labute approximate surface area is 140 Å². The Morgan fingerprint density at radius 2 is 1.91 bits per heavy atom. The predicted molar refractivity (Wildman–Crippen MR) is 96.8 cm³/mol. The smallest absolute Gasteiger partial charge is 0.191 e. The summed E-state index contributed by atoms with van der Waals surface area (Å²) in [5, 5.41) is 6.66. The number of methoxy groups -OCH3 is 2. The van der Waals surface area contributed by atoms with Gasteiger partial charge < -0.3 is 20.1 Å². The number of unbranched alkanes of at least 4 members (excludes halogenated alkanes) is 2. The molecule has 0 aliphatic carbocycles. The van der Waals surface area contributed by atoms with Crippen LogP contribution in [0, 0.1) is 0 Å². The summed E-state index contributed by atoms with van der Waals surface area (Å²) in [6.07, 6.45) is 4.43. The minimum absolute atomic E-state index is 0.795. The summed E-state index contributed by atoms with van der Waals surface area (Å²) in [5.74, 6) is 2.61. The summed E-state index contributed by atoms with van der Waals surface area (Å²) >= 11 is 0. The summed E-state index contributed by atoms with van der Waals surface area (Å²) in [7, 11) is 3.37. The van der Waals surface area contributed by atoms with Gasteiger partial charge in [0, 0.05) is 19.6 Å². The maximum absolute atomic E-state index is 5.41. The van der Waals surface area contributed by atoms with Gasteiger partial charge in [-0.05, 0) is 43.5 Å².